The average molecular weight is 314 g/mol. The highest BCUT2D eigenvalue weighted by atomic mass is 32.2. The predicted molar refractivity (Wildman–Crippen MR) is 97.6 cm³/mol. The maximum absolute atomic E-state index is 9.33. The summed E-state index contributed by atoms with van der Waals surface area (Å²) in [6, 6.07) is 16.1. The summed E-state index contributed by atoms with van der Waals surface area (Å²) in [6.45, 7) is 2.26. The van der Waals surface area contributed by atoms with Gasteiger partial charge in [-0.25, -0.2) is 0 Å². The van der Waals surface area contributed by atoms with Gasteiger partial charge < -0.3 is 5.11 Å². The topological polar surface area (TPSA) is 20.2 Å². The van der Waals surface area contributed by atoms with Crippen LogP contribution in [-0.2, 0) is 0 Å². The number of unbranched alkanes of at least 4 members (excludes halogenated alkanes) is 5. The fourth-order valence-corrected chi connectivity index (χ4v) is 3.38. The van der Waals surface area contributed by atoms with Crippen molar-refractivity contribution in [1.29, 1.82) is 0 Å². The summed E-state index contributed by atoms with van der Waals surface area (Å²) >= 11 is 1.95. The van der Waals surface area contributed by atoms with Gasteiger partial charge >= 0.3 is 0 Å². The first-order chi connectivity index (χ1) is 10.8. The van der Waals surface area contributed by atoms with Gasteiger partial charge in [-0.15, -0.1) is 11.8 Å². The number of phenolic OH excluding ortho intramolecular Hbond substituents is 1. The van der Waals surface area contributed by atoms with E-state index in [0.717, 1.165) is 5.56 Å². The van der Waals surface area contributed by atoms with Crippen molar-refractivity contribution in [1.82, 2.24) is 0 Å². The van der Waals surface area contributed by atoms with Gasteiger partial charge in [-0.1, -0.05) is 63.3 Å². The lowest BCUT2D eigenvalue weighted by molar-refractivity contribution is 0.475. The molecule has 22 heavy (non-hydrogen) atoms. The summed E-state index contributed by atoms with van der Waals surface area (Å²) in [5, 5.41) is 9.33. The van der Waals surface area contributed by atoms with Gasteiger partial charge in [-0.05, 0) is 47.6 Å². The van der Waals surface area contributed by atoms with Crippen LogP contribution in [-0.4, -0.2) is 10.9 Å². The van der Waals surface area contributed by atoms with Crippen molar-refractivity contribution in [2.45, 2.75) is 50.3 Å². The number of thioether (sulfide) groups is 1. The first-order valence-electron chi connectivity index (χ1n) is 8.32. The van der Waals surface area contributed by atoms with E-state index in [0.29, 0.717) is 5.75 Å². The van der Waals surface area contributed by atoms with E-state index in [1.807, 2.05) is 23.9 Å². The minimum atomic E-state index is 0.315. The number of phenols is 1. The molecule has 0 radical (unpaired) electrons. The van der Waals surface area contributed by atoms with Crippen molar-refractivity contribution in [2.75, 3.05) is 5.75 Å². The van der Waals surface area contributed by atoms with Crippen molar-refractivity contribution in [2.24, 2.45) is 0 Å². The lowest BCUT2D eigenvalue weighted by Crippen LogP contribution is -1.83. The van der Waals surface area contributed by atoms with E-state index in [9.17, 15) is 5.11 Å². The van der Waals surface area contributed by atoms with Gasteiger partial charge in [0.15, 0.2) is 0 Å². The van der Waals surface area contributed by atoms with Crippen molar-refractivity contribution in [3.05, 3.63) is 48.5 Å². The summed E-state index contributed by atoms with van der Waals surface area (Å²) in [5.41, 5.74) is 2.34. The fourth-order valence-electron chi connectivity index (χ4n) is 2.47. The van der Waals surface area contributed by atoms with Crippen molar-refractivity contribution >= 4 is 11.8 Å². The van der Waals surface area contributed by atoms with Crippen LogP contribution in [0.2, 0.25) is 0 Å². The van der Waals surface area contributed by atoms with Crippen LogP contribution in [0.3, 0.4) is 0 Å². The van der Waals surface area contributed by atoms with Crippen LogP contribution in [0.5, 0.6) is 5.75 Å². The number of rotatable bonds is 9. The molecule has 0 spiro atoms. The Labute approximate surface area is 138 Å². The standard InChI is InChI=1S/C20H26OS/c1-2-3-4-5-6-7-16-22-20-14-10-18(11-15-20)17-8-12-19(21)13-9-17/h8-15,21H,2-7,16H2,1H3. The van der Waals surface area contributed by atoms with Crippen LogP contribution in [0, 0.1) is 0 Å². The van der Waals surface area contributed by atoms with Crippen LogP contribution in [0.25, 0.3) is 11.1 Å². The molecule has 0 saturated carbocycles. The van der Waals surface area contributed by atoms with Gasteiger partial charge in [0.2, 0.25) is 0 Å². The maximum atomic E-state index is 9.33. The number of hydrogen-bond donors (Lipinski definition) is 1. The molecule has 0 unspecified atom stereocenters. The van der Waals surface area contributed by atoms with Gasteiger partial charge in [0.25, 0.3) is 0 Å². The van der Waals surface area contributed by atoms with Crippen molar-refractivity contribution < 1.29 is 5.11 Å². The first kappa shape index (κ1) is 17.0. The molecule has 1 nitrogen and oxygen atoms in total. The predicted octanol–water partition coefficient (Wildman–Crippen LogP) is 6.51. The quantitative estimate of drug-likeness (QED) is 0.420. The highest BCUT2D eigenvalue weighted by Crippen LogP contribution is 2.26. The Bertz CT molecular complexity index is 531. The van der Waals surface area contributed by atoms with Gasteiger partial charge in [0, 0.05) is 4.90 Å². The maximum Gasteiger partial charge on any atom is 0.115 e. The normalized spacial score (nSPS) is 10.8. The van der Waals surface area contributed by atoms with E-state index in [2.05, 4.69) is 31.2 Å². The summed E-state index contributed by atoms with van der Waals surface area (Å²) in [7, 11) is 0. The van der Waals surface area contributed by atoms with Crippen molar-refractivity contribution in [3.8, 4) is 16.9 Å². The van der Waals surface area contributed by atoms with Crippen LogP contribution in [0.4, 0.5) is 0 Å². The highest BCUT2D eigenvalue weighted by molar-refractivity contribution is 7.99. The Morgan fingerprint density at radius 3 is 1.91 bits per heavy atom. The third-order valence-electron chi connectivity index (χ3n) is 3.82. The minimum absolute atomic E-state index is 0.315. The Morgan fingerprint density at radius 1 is 0.727 bits per heavy atom. The van der Waals surface area contributed by atoms with Crippen molar-refractivity contribution in [3.63, 3.8) is 0 Å². The van der Waals surface area contributed by atoms with E-state index >= 15 is 0 Å². The second kappa shape index (κ2) is 9.58. The zero-order valence-electron chi connectivity index (χ0n) is 13.4. The third kappa shape index (κ3) is 5.76. The summed E-state index contributed by atoms with van der Waals surface area (Å²) in [4.78, 5) is 1.34. The molecule has 0 fully saturated rings. The molecule has 118 valence electrons. The van der Waals surface area contributed by atoms with Crippen LogP contribution in [0.1, 0.15) is 45.4 Å². The largest absolute Gasteiger partial charge is 0.508 e. The third-order valence-corrected chi connectivity index (χ3v) is 4.92. The van der Waals surface area contributed by atoms with E-state index in [1.165, 1.54) is 54.7 Å². The Hall–Kier alpha value is -1.41. The number of aromatic hydroxyl groups is 1. The summed E-state index contributed by atoms with van der Waals surface area (Å²) in [6.07, 6.45) is 8.15. The molecule has 0 aromatic heterocycles. The zero-order valence-corrected chi connectivity index (χ0v) is 14.2. The molecule has 0 heterocycles. The van der Waals surface area contributed by atoms with Crippen LogP contribution < -0.4 is 0 Å². The molecule has 0 saturated heterocycles. The van der Waals surface area contributed by atoms with E-state index in [-0.39, 0.29) is 0 Å². The average Bonchev–Trinajstić information content (AvgIpc) is 2.55. The second-order valence-corrected chi connectivity index (χ2v) is 6.86. The minimum Gasteiger partial charge on any atom is -0.508 e. The summed E-state index contributed by atoms with van der Waals surface area (Å²) in [5.74, 6) is 1.53. The van der Waals surface area contributed by atoms with E-state index in [4.69, 9.17) is 0 Å². The summed E-state index contributed by atoms with van der Waals surface area (Å²) < 4.78 is 0. The molecule has 2 aromatic carbocycles. The molecule has 2 heteroatoms. The molecule has 1 N–H and O–H groups in total. The second-order valence-electron chi connectivity index (χ2n) is 5.69. The van der Waals surface area contributed by atoms with E-state index < -0.39 is 0 Å². The molecule has 2 aromatic rings. The lowest BCUT2D eigenvalue weighted by Gasteiger charge is -2.05. The number of benzene rings is 2. The Morgan fingerprint density at radius 2 is 1.27 bits per heavy atom. The first-order valence-corrected chi connectivity index (χ1v) is 9.30. The Balaban J connectivity index is 1.74. The monoisotopic (exact) mass is 314 g/mol. The molecule has 0 atom stereocenters. The smallest absolute Gasteiger partial charge is 0.115 e. The highest BCUT2D eigenvalue weighted by Gasteiger charge is 1.99. The van der Waals surface area contributed by atoms with Gasteiger partial charge in [-0.2, -0.15) is 0 Å². The Kier molecular flexibility index (Phi) is 7.38. The van der Waals surface area contributed by atoms with Gasteiger partial charge in [-0.3, -0.25) is 0 Å². The molecule has 0 aliphatic carbocycles. The zero-order chi connectivity index (χ0) is 15.6. The molecule has 0 amide bonds. The molecule has 0 aliphatic rings. The van der Waals surface area contributed by atoms with Gasteiger partial charge in [0.05, 0.1) is 0 Å². The van der Waals surface area contributed by atoms with E-state index in [1.54, 1.807) is 12.1 Å². The van der Waals surface area contributed by atoms with Gasteiger partial charge in [0.1, 0.15) is 5.75 Å². The molecule has 2 rings (SSSR count). The number of hydrogen-bond acceptors (Lipinski definition) is 2. The molecule has 0 bridgehead atoms. The SMILES string of the molecule is CCCCCCCCSc1ccc(-c2ccc(O)cc2)cc1. The molecular formula is C20H26OS. The van der Waals surface area contributed by atoms with Crippen LogP contribution >= 0.6 is 11.8 Å². The molecular weight excluding hydrogens is 288 g/mol. The van der Waals surface area contributed by atoms with Crippen LogP contribution in [0.15, 0.2) is 53.4 Å². The molecule has 0 aliphatic heterocycles. The lowest BCUT2D eigenvalue weighted by atomic mass is 10.1. The fraction of sp³-hybridized carbons (Fsp3) is 0.400.